The lowest BCUT2D eigenvalue weighted by molar-refractivity contribution is -0.143. The number of nitrogens with zero attached hydrogens (tertiary/aromatic N) is 1. The molecule has 0 spiro atoms. The highest BCUT2D eigenvalue weighted by atomic mass is 19.2. The van der Waals surface area contributed by atoms with Crippen LogP contribution in [-0.4, -0.2) is 34.6 Å². The number of anilines is 1. The fourth-order valence-electron chi connectivity index (χ4n) is 2.39. The summed E-state index contributed by atoms with van der Waals surface area (Å²) < 4.78 is 25.9. The fraction of sp³-hybridized carbons (Fsp3) is 0.429. The number of carboxylic acid groups (broad SMARTS) is 1. The maximum atomic E-state index is 13.1. The molecule has 114 valence electrons. The summed E-state index contributed by atoms with van der Waals surface area (Å²) in [7, 11) is 0. The van der Waals surface area contributed by atoms with Gasteiger partial charge in [-0.05, 0) is 30.9 Å². The van der Waals surface area contributed by atoms with Gasteiger partial charge in [0.15, 0.2) is 11.6 Å². The van der Waals surface area contributed by atoms with Crippen molar-refractivity contribution in [3.63, 3.8) is 0 Å². The van der Waals surface area contributed by atoms with E-state index in [0.29, 0.717) is 19.4 Å². The number of benzene rings is 1. The summed E-state index contributed by atoms with van der Waals surface area (Å²) in [4.78, 5) is 24.6. The maximum absolute atomic E-state index is 13.1. The monoisotopic (exact) mass is 298 g/mol. The number of carbonyl (C=O) groups is 2. The van der Waals surface area contributed by atoms with Crippen LogP contribution in [0.1, 0.15) is 19.8 Å². The first-order chi connectivity index (χ1) is 9.88. The van der Waals surface area contributed by atoms with Crippen LogP contribution in [0.3, 0.4) is 0 Å². The Labute approximate surface area is 120 Å². The van der Waals surface area contributed by atoms with Crippen LogP contribution < -0.4 is 5.32 Å². The molecular formula is C14H16F2N2O3. The molecule has 1 aliphatic rings. The second-order valence-corrected chi connectivity index (χ2v) is 5.24. The lowest BCUT2D eigenvalue weighted by Crippen LogP contribution is -2.51. The fourth-order valence-corrected chi connectivity index (χ4v) is 2.39. The highest BCUT2D eigenvalue weighted by Crippen LogP contribution is 2.24. The van der Waals surface area contributed by atoms with Gasteiger partial charge in [0.25, 0.3) is 0 Å². The maximum Gasteiger partial charge on any atom is 0.326 e. The van der Waals surface area contributed by atoms with Gasteiger partial charge in [-0.25, -0.2) is 18.4 Å². The topological polar surface area (TPSA) is 69.6 Å². The number of hydrogen-bond donors (Lipinski definition) is 2. The predicted octanol–water partition coefficient (Wildman–Crippen LogP) is 2.68. The van der Waals surface area contributed by atoms with Gasteiger partial charge in [-0.2, -0.15) is 0 Å². The Morgan fingerprint density at radius 3 is 2.67 bits per heavy atom. The third-order valence-electron chi connectivity index (χ3n) is 3.58. The minimum Gasteiger partial charge on any atom is -0.480 e. The molecule has 1 fully saturated rings. The van der Waals surface area contributed by atoms with E-state index >= 15 is 0 Å². The van der Waals surface area contributed by atoms with Gasteiger partial charge >= 0.3 is 12.0 Å². The molecule has 21 heavy (non-hydrogen) atoms. The second-order valence-electron chi connectivity index (χ2n) is 5.24. The van der Waals surface area contributed by atoms with Gasteiger partial charge in [0.1, 0.15) is 6.04 Å². The van der Waals surface area contributed by atoms with Crippen LogP contribution in [0.2, 0.25) is 0 Å². The van der Waals surface area contributed by atoms with E-state index in [1.165, 1.54) is 11.0 Å². The molecule has 0 aliphatic carbocycles. The molecule has 1 aromatic carbocycles. The van der Waals surface area contributed by atoms with Crippen molar-refractivity contribution in [2.24, 2.45) is 5.92 Å². The van der Waals surface area contributed by atoms with Crippen molar-refractivity contribution in [3.8, 4) is 0 Å². The molecule has 1 heterocycles. The molecule has 2 amide bonds. The summed E-state index contributed by atoms with van der Waals surface area (Å²) in [5.41, 5.74) is 0.0849. The number of urea groups is 1. The molecule has 5 nitrogen and oxygen atoms in total. The number of amides is 2. The first kappa shape index (κ1) is 15.2. The van der Waals surface area contributed by atoms with Crippen LogP contribution in [0.4, 0.5) is 19.3 Å². The summed E-state index contributed by atoms with van der Waals surface area (Å²) in [6.45, 7) is 2.24. The van der Waals surface area contributed by atoms with Crippen LogP contribution in [0.25, 0.3) is 0 Å². The Hall–Kier alpha value is -2.18. The van der Waals surface area contributed by atoms with Crippen molar-refractivity contribution in [2.75, 3.05) is 11.9 Å². The van der Waals surface area contributed by atoms with Gasteiger partial charge in [-0.1, -0.05) is 6.92 Å². The molecule has 0 aromatic heterocycles. The first-order valence-electron chi connectivity index (χ1n) is 6.64. The number of carbonyl (C=O) groups excluding carboxylic acids is 1. The van der Waals surface area contributed by atoms with Gasteiger partial charge in [-0.15, -0.1) is 0 Å². The lowest BCUT2D eigenvalue weighted by Gasteiger charge is -2.35. The molecule has 0 bridgehead atoms. The van der Waals surface area contributed by atoms with Crippen molar-refractivity contribution in [1.82, 2.24) is 4.90 Å². The van der Waals surface area contributed by atoms with E-state index < -0.39 is 29.7 Å². The Morgan fingerprint density at radius 2 is 2.05 bits per heavy atom. The van der Waals surface area contributed by atoms with Crippen LogP contribution in [-0.2, 0) is 4.79 Å². The molecule has 0 saturated carbocycles. The van der Waals surface area contributed by atoms with Crippen LogP contribution in [0.5, 0.6) is 0 Å². The van der Waals surface area contributed by atoms with E-state index in [1.807, 2.05) is 6.92 Å². The van der Waals surface area contributed by atoms with Crippen LogP contribution >= 0.6 is 0 Å². The zero-order valence-electron chi connectivity index (χ0n) is 11.5. The van der Waals surface area contributed by atoms with E-state index in [1.54, 1.807) is 0 Å². The summed E-state index contributed by atoms with van der Waals surface area (Å²) in [5, 5.41) is 11.6. The summed E-state index contributed by atoms with van der Waals surface area (Å²) in [5.74, 6) is -2.93. The van der Waals surface area contributed by atoms with Gasteiger partial charge in [0.05, 0.1) is 0 Å². The first-order valence-corrected chi connectivity index (χ1v) is 6.64. The van der Waals surface area contributed by atoms with E-state index in [2.05, 4.69) is 5.32 Å². The molecule has 0 radical (unpaired) electrons. The molecule has 2 N–H and O–H groups in total. The molecule has 2 unspecified atom stereocenters. The van der Waals surface area contributed by atoms with E-state index in [-0.39, 0.29) is 11.6 Å². The SMILES string of the molecule is CC1CCN(C(=O)Nc2ccc(F)c(F)c2)C(C(=O)O)C1. The molecular weight excluding hydrogens is 282 g/mol. The molecule has 2 atom stereocenters. The average Bonchev–Trinajstić information content (AvgIpc) is 2.42. The zero-order chi connectivity index (χ0) is 15.6. The number of carboxylic acids is 1. The molecule has 1 saturated heterocycles. The minimum absolute atomic E-state index is 0.0849. The predicted molar refractivity (Wildman–Crippen MR) is 71.9 cm³/mol. The summed E-state index contributed by atoms with van der Waals surface area (Å²) >= 11 is 0. The Morgan fingerprint density at radius 1 is 1.33 bits per heavy atom. The number of rotatable bonds is 2. The standard InChI is InChI=1S/C14H16F2N2O3/c1-8-4-5-18(12(6-8)13(19)20)14(21)17-9-2-3-10(15)11(16)7-9/h2-3,7-8,12H,4-6H2,1H3,(H,17,21)(H,19,20). The Kier molecular flexibility index (Phi) is 4.40. The van der Waals surface area contributed by atoms with Gasteiger partial charge in [0.2, 0.25) is 0 Å². The third kappa shape index (κ3) is 3.48. The molecule has 1 aromatic rings. The van der Waals surface area contributed by atoms with E-state index in [0.717, 1.165) is 12.1 Å². The lowest BCUT2D eigenvalue weighted by atomic mass is 9.93. The average molecular weight is 298 g/mol. The quantitative estimate of drug-likeness (QED) is 0.882. The molecule has 2 rings (SSSR count). The van der Waals surface area contributed by atoms with Crippen LogP contribution in [0, 0.1) is 17.6 Å². The largest absolute Gasteiger partial charge is 0.480 e. The highest BCUT2D eigenvalue weighted by Gasteiger charge is 2.34. The zero-order valence-corrected chi connectivity index (χ0v) is 11.5. The van der Waals surface area contributed by atoms with Gasteiger partial charge in [-0.3, -0.25) is 0 Å². The van der Waals surface area contributed by atoms with E-state index in [4.69, 9.17) is 0 Å². The Bertz CT molecular complexity index is 565. The van der Waals surface area contributed by atoms with Crippen molar-refractivity contribution < 1.29 is 23.5 Å². The Balaban J connectivity index is 2.10. The van der Waals surface area contributed by atoms with Gasteiger partial charge in [0, 0.05) is 18.3 Å². The van der Waals surface area contributed by atoms with Crippen LogP contribution in [0.15, 0.2) is 18.2 Å². The number of nitrogens with one attached hydrogen (secondary N) is 1. The smallest absolute Gasteiger partial charge is 0.326 e. The van der Waals surface area contributed by atoms with Crippen molar-refractivity contribution >= 4 is 17.7 Å². The summed E-state index contributed by atoms with van der Waals surface area (Å²) in [6.07, 6.45) is 1.08. The normalized spacial score (nSPS) is 22.0. The number of hydrogen-bond acceptors (Lipinski definition) is 2. The molecule has 1 aliphatic heterocycles. The number of aliphatic carboxylic acids is 1. The van der Waals surface area contributed by atoms with E-state index in [9.17, 15) is 23.5 Å². The number of likely N-dealkylation sites (tertiary alicyclic amines) is 1. The number of piperidine rings is 1. The van der Waals surface area contributed by atoms with Crippen molar-refractivity contribution in [2.45, 2.75) is 25.8 Å². The van der Waals surface area contributed by atoms with Gasteiger partial charge < -0.3 is 15.3 Å². The molecule has 7 heteroatoms. The third-order valence-corrected chi connectivity index (χ3v) is 3.58. The summed E-state index contributed by atoms with van der Waals surface area (Å²) in [6, 6.07) is 1.45. The second kappa shape index (κ2) is 6.07. The van der Waals surface area contributed by atoms with Crippen molar-refractivity contribution in [3.05, 3.63) is 29.8 Å². The number of halogens is 2. The minimum atomic E-state index is -1.07. The highest BCUT2D eigenvalue weighted by molar-refractivity contribution is 5.92. The van der Waals surface area contributed by atoms with Crippen molar-refractivity contribution in [1.29, 1.82) is 0 Å².